The lowest BCUT2D eigenvalue weighted by molar-refractivity contribution is 0.461. The van der Waals surface area contributed by atoms with Gasteiger partial charge in [0.25, 0.3) is 0 Å². The van der Waals surface area contributed by atoms with Crippen LogP contribution in [0.15, 0.2) is 60.8 Å². The number of nitrogen functional groups attached to an aromatic ring is 1. The van der Waals surface area contributed by atoms with Gasteiger partial charge in [-0.15, -0.1) is 0 Å². The van der Waals surface area contributed by atoms with Crippen molar-refractivity contribution in [2.75, 3.05) is 5.73 Å². The summed E-state index contributed by atoms with van der Waals surface area (Å²) in [5, 5.41) is 13.4. The van der Waals surface area contributed by atoms with Crippen LogP contribution in [-0.2, 0) is 0 Å². The molecule has 0 unspecified atom stereocenters. The number of ether oxygens (including phenoxy) is 1. The first kappa shape index (κ1) is 18.2. The Hall–Kier alpha value is -4.18. The van der Waals surface area contributed by atoms with Crippen LogP contribution in [0.2, 0.25) is 0 Å². The van der Waals surface area contributed by atoms with Crippen molar-refractivity contribution >= 4 is 5.82 Å². The van der Waals surface area contributed by atoms with Gasteiger partial charge in [-0.3, -0.25) is 0 Å². The molecule has 0 aliphatic carbocycles. The van der Waals surface area contributed by atoms with E-state index in [1.807, 2.05) is 62.4 Å². The number of nitriles is 1. The van der Waals surface area contributed by atoms with Gasteiger partial charge in [0.05, 0.1) is 6.20 Å². The topological polar surface area (TPSA) is 103 Å². The van der Waals surface area contributed by atoms with E-state index in [1.165, 1.54) is 10.9 Å². The number of nitrogens with zero attached hydrogens (tertiary/aromatic N) is 5. The third-order valence-electron chi connectivity index (χ3n) is 4.28. The zero-order valence-electron chi connectivity index (χ0n) is 16.0. The molecule has 0 aliphatic heterocycles. The molecule has 4 rings (SSSR count). The first-order valence-electron chi connectivity index (χ1n) is 8.98. The summed E-state index contributed by atoms with van der Waals surface area (Å²) in [4.78, 5) is 9.14. The Balaban J connectivity index is 1.84. The normalized spacial score (nSPS) is 10.5. The molecule has 0 bridgehead atoms. The van der Waals surface area contributed by atoms with E-state index in [4.69, 9.17) is 10.5 Å². The van der Waals surface area contributed by atoms with Gasteiger partial charge in [-0.2, -0.15) is 20.0 Å². The maximum Gasteiger partial charge on any atom is 0.225 e. The second kappa shape index (κ2) is 7.44. The van der Waals surface area contributed by atoms with Crippen molar-refractivity contribution < 1.29 is 4.74 Å². The minimum Gasteiger partial charge on any atom is -0.439 e. The molecule has 0 atom stereocenters. The monoisotopic (exact) mass is 382 g/mol. The van der Waals surface area contributed by atoms with Gasteiger partial charge in [0, 0.05) is 11.6 Å². The van der Waals surface area contributed by atoms with Gasteiger partial charge in [-0.25, -0.2) is 4.98 Å². The highest BCUT2D eigenvalue weighted by Crippen LogP contribution is 2.27. The highest BCUT2D eigenvalue weighted by molar-refractivity contribution is 5.58. The quantitative estimate of drug-likeness (QED) is 0.568. The standard InChI is InChI=1S/C22H18N6O/c1-14-8-15(2)10-18(9-14)29-20-11-19(28-21(24)17(12-23)13-25-28)26-22(27-20)16-6-4-3-5-7-16/h3-11,13H,24H2,1-2H3. The number of aromatic nitrogens is 4. The number of rotatable bonds is 4. The summed E-state index contributed by atoms with van der Waals surface area (Å²) in [6, 6.07) is 19.2. The first-order valence-corrected chi connectivity index (χ1v) is 8.98. The van der Waals surface area contributed by atoms with Crippen LogP contribution in [0.3, 0.4) is 0 Å². The van der Waals surface area contributed by atoms with E-state index < -0.39 is 0 Å². The molecule has 0 spiro atoms. The molecule has 2 heterocycles. The van der Waals surface area contributed by atoms with Crippen LogP contribution in [0.1, 0.15) is 16.7 Å². The number of anilines is 1. The van der Waals surface area contributed by atoms with E-state index in [0.717, 1.165) is 16.7 Å². The molecule has 2 aromatic heterocycles. The fourth-order valence-corrected chi connectivity index (χ4v) is 3.03. The fourth-order valence-electron chi connectivity index (χ4n) is 3.03. The van der Waals surface area contributed by atoms with Crippen molar-refractivity contribution in [1.29, 1.82) is 5.26 Å². The minimum absolute atomic E-state index is 0.211. The van der Waals surface area contributed by atoms with Crippen LogP contribution >= 0.6 is 0 Å². The lowest BCUT2D eigenvalue weighted by Gasteiger charge is -2.11. The van der Waals surface area contributed by atoms with E-state index in [2.05, 4.69) is 21.1 Å². The third-order valence-corrected chi connectivity index (χ3v) is 4.28. The van der Waals surface area contributed by atoms with Gasteiger partial charge in [0.15, 0.2) is 11.6 Å². The predicted octanol–water partition coefficient (Wildman–Crippen LogP) is 4.19. The van der Waals surface area contributed by atoms with Crippen LogP contribution < -0.4 is 10.5 Å². The highest BCUT2D eigenvalue weighted by atomic mass is 16.5. The zero-order chi connectivity index (χ0) is 20.4. The van der Waals surface area contributed by atoms with Gasteiger partial charge in [-0.05, 0) is 37.1 Å². The molecule has 0 saturated carbocycles. The number of nitrogens with two attached hydrogens (primary N) is 1. The number of aryl methyl sites for hydroxylation is 2. The summed E-state index contributed by atoms with van der Waals surface area (Å²) in [5.41, 5.74) is 9.34. The van der Waals surface area contributed by atoms with E-state index in [0.29, 0.717) is 23.3 Å². The number of benzene rings is 2. The van der Waals surface area contributed by atoms with Crippen LogP contribution in [0, 0.1) is 25.2 Å². The van der Waals surface area contributed by atoms with E-state index in [9.17, 15) is 5.26 Å². The average molecular weight is 382 g/mol. The van der Waals surface area contributed by atoms with E-state index in [1.54, 1.807) is 6.07 Å². The van der Waals surface area contributed by atoms with Crippen molar-refractivity contribution in [1.82, 2.24) is 19.7 Å². The average Bonchev–Trinajstić information content (AvgIpc) is 3.08. The summed E-state index contributed by atoms with van der Waals surface area (Å²) in [7, 11) is 0. The van der Waals surface area contributed by atoms with Gasteiger partial charge in [0.1, 0.15) is 23.2 Å². The second-order valence-electron chi connectivity index (χ2n) is 6.65. The predicted molar refractivity (Wildman–Crippen MR) is 110 cm³/mol. The summed E-state index contributed by atoms with van der Waals surface area (Å²) < 4.78 is 7.44. The van der Waals surface area contributed by atoms with Crippen molar-refractivity contribution in [3.63, 3.8) is 0 Å². The molecule has 0 fully saturated rings. The Morgan fingerprint density at radius 2 is 1.72 bits per heavy atom. The van der Waals surface area contributed by atoms with Gasteiger partial charge in [0.2, 0.25) is 5.88 Å². The van der Waals surface area contributed by atoms with Crippen LogP contribution in [0.4, 0.5) is 5.82 Å². The number of hydrogen-bond acceptors (Lipinski definition) is 6. The van der Waals surface area contributed by atoms with E-state index >= 15 is 0 Å². The van der Waals surface area contributed by atoms with Gasteiger partial charge >= 0.3 is 0 Å². The Labute approximate surface area is 168 Å². The SMILES string of the molecule is Cc1cc(C)cc(Oc2cc(-n3ncc(C#N)c3N)nc(-c3ccccc3)n2)c1. The molecule has 0 saturated heterocycles. The lowest BCUT2D eigenvalue weighted by Crippen LogP contribution is -2.07. The van der Waals surface area contributed by atoms with Crippen molar-refractivity contribution in [3.8, 4) is 34.9 Å². The number of hydrogen-bond donors (Lipinski definition) is 1. The first-order chi connectivity index (χ1) is 14.0. The molecule has 7 heteroatoms. The summed E-state index contributed by atoms with van der Waals surface area (Å²) >= 11 is 0. The van der Waals surface area contributed by atoms with Gasteiger partial charge < -0.3 is 10.5 Å². The van der Waals surface area contributed by atoms with Crippen LogP contribution in [0.25, 0.3) is 17.2 Å². The van der Waals surface area contributed by atoms with Crippen molar-refractivity contribution in [2.45, 2.75) is 13.8 Å². The molecule has 2 aromatic carbocycles. The molecule has 0 amide bonds. The van der Waals surface area contributed by atoms with Crippen LogP contribution in [0.5, 0.6) is 11.6 Å². The minimum atomic E-state index is 0.211. The Morgan fingerprint density at radius 1 is 1.00 bits per heavy atom. The summed E-state index contributed by atoms with van der Waals surface area (Å²) in [5.74, 6) is 2.13. The Kier molecular flexibility index (Phi) is 4.67. The maximum atomic E-state index is 9.17. The second-order valence-corrected chi connectivity index (χ2v) is 6.65. The lowest BCUT2D eigenvalue weighted by atomic mass is 10.1. The molecule has 2 N–H and O–H groups in total. The smallest absolute Gasteiger partial charge is 0.225 e. The fraction of sp³-hybridized carbons (Fsp3) is 0.0909. The molecular formula is C22H18N6O. The molecule has 4 aromatic rings. The largest absolute Gasteiger partial charge is 0.439 e. The summed E-state index contributed by atoms with van der Waals surface area (Å²) in [6.07, 6.45) is 1.41. The van der Waals surface area contributed by atoms with Crippen LogP contribution in [-0.4, -0.2) is 19.7 Å². The molecule has 0 aliphatic rings. The molecule has 29 heavy (non-hydrogen) atoms. The molecular weight excluding hydrogens is 364 g/mol. The molecule has 0 radical (unpaired) electrons. The Morgan fingerprint density at radius 3 is 2.38 bits per heavy atom. The van der Waals surface area contributed by atoms with Gasteiger partial charge in [-0.1, -0.05) is 36.4 Å². The molecule has 142 valence electrons. The third kappa shape index (κ3) is 3.77. The summed E-state index contributed by atoms with van der Waals surface area (Å²) in [6.45, 7) is 4.02. The van der Waals surface area contributed by atoms with Crippen molar-refractivity contribution in [2.24, 2.45) is 0 Å². The maximum absolute atomic E-state index is 9.17. The Bertz CT molecular complexity index is 1200. The van der Waals surface area contributed by atoms with Crippen molar-refractivity contribution in [3.05, 3.63) is 77.5 Å². The molecule has 7 nitrogen and oxygen atoms in total. The van der Waals surface area contributed by atoms with E-state index in [-0.39, 0.29) is 11.4 Å². The zero-order valence-corrected chi connectivity index (χ0v) is 16.0. The highest BCUT2D eigenvalue weighted by Gasteiger charge is 2.15.